The smallest absolute Gasteiger partial charge is 0.263 e. The zero-order valence-electron chi connectivity index (χ0n) is 11.7. The molecule has 2 rings (SSSR count). The average molecular weight is 326 g/mol. The lowest BCUT2D eigenvalue weighted by Gasteiger charge is -2.10. The number of pyridine rings is 1. The van der Waals surface area contributed by atoms with Gasteiger partial charge < -0.3 is 5.32 Å². The van der Waals surface area contributed by atoms with Crippen molar-refractivity contribution in [2.24, 2.45) is 0 Å². The predicted molar refractivity (Wildman–Crippen MR) is 85.4 cm³/mol. The Morgan fingerprint density at radius 3 is 2.67 bits per heavy atom. The number of nitrogens with one attached hydrogen (secondary N) is 2. The second-order valence-corrected chi connectivity index (χ2v) is 6.60. The molecular formula is C14H16ClN3O2S. The Hall–Kier alpha value is -1.79. The lowest BCUT2D eigenvalue weighted by Crippen LogP contribution is -2.14. The summed E-state index contributed by atoms with van der Waals surface area (Å²) in [4.78, 5) is 4.05. The fraction of sp³-hybridized carbons (Fsp3) is 0.214. The lowest BCUT2D eigenvalue weighted by atomic mass is 10.2. The van der Waals surface area contributed by atoms with Gasteiger partial charge in [-0.1, -0.05) is 23.7 Å². The van der Waals surface area contributed by atoms with Gasteiger partial charge in [0.2, 0.25) is 0 Å². The van der Waals surface area contributed by atoms with Gasteiger partial charge in [-0.15, -0.1) is 0 Å². The highest BCUT2D eigenvalue weighted by Gasteiger charge is 2.16. The van der Waals surface area contributed by atoms with E-state index in [0.29, 0.717) is 18.1 Å². The van der Waals surface area contributed by atoms with Gasteiger partial charge in [-0.05, 0) is 37.6 Å². The molecule has 0 aliphatic heterocycles. The monoisotopic (exact) mass is 325 g/mol. The van der Waals surface area contributed by atoms with Crippen LogP contribution in [-0.2, 0) is 10.0 Å². The summed E-state index contributed by atoms with van der Waals surface area (Å²) in [5.74, 6) is 0.466. The number of benzene rings is 1. The van der Waals surface area contributed by atoms with Crippen LogP contribution in [0.2, 0.25) is 5.02 Å². The molecule has 1 aromatic carbocycles. The van der Waals surface area contributed by atoms with Crippen LogP contribution in [0.25, 0.3) is 0 Å². The van der Waals surface area contributed by atoms with E-state index in [1.165, 1.54) is 12.3 Å². The summed E-state index contributed by atoms with van der Waals surface area (Å²) in [5.41, 5.74) is 1.47. The Labute approximate surface area is 129 Å². The first kappa shape index (κ1) is 15.6. The minimum atomic E-state index is -3.71. The number of hydrogen-bond donors (Lipinski definition) is 2. The lowest BCUT2D eigenvalue weighted by molar-refractivity contribution is 0.601. The van der Waals surface area contributed by atoms with Crippen LogP contribution in [0.15, 0.2) is 41.4 Å². The number of sulfonamides is 1. The van der Waals surface area contributed by atoms with Crippen molar-refractivity contribution in [1.29, 1.82) is 0 Å². The van der Waals surface area contributed by atoms with Crippen LogP contribution >= 0.6 is 11.6 Å². The van der Waals surface area contributed by atoms with Gasteiger partial charge in [-0.3, -0.25) is 4.72 Å². The molecule has 0 bridgehead atoms. The first-order valence-electron chi connectivity index (χ1n) is 6.41. The summed E-state index contributed by atoms with van der Waals surface area (Å²) in [6.45, 7) is 4.45. The molecule has 0 aliphatic rings. The first-order chi connectivity index (χ1) is 9.92. The van der Waals surface area contributed by atoms with Crippen molar-refractivity contribution < 1.29 is 8.42 Å². The number of hydrogen-bond acceptors (Lipinski definition) is 4. The van der Waals surface area contributed by atoms with Crippen molar-refractivity contribution in [2.75, 3.05) is 16.6 Å². The Morgan fingerprint density at radius 1 is 1.29 bits per heavy atom. The molecule has 0 saturated carbocycles. The molecule has 0 unspecified atom stereocenters. The average Bonchev–Trinajstić information content (AvgIpc) is 2.40. The quantitative estimate of drug-likeness (QED) is 0.885. The molecule has 2 aromatic rings. The van der Waals surface area contributed by atoms with Crippen LogP contribution in [0.4, 0.5) is 11.5 Å². The highest BCUT2D eigenvalue weighted by atomic mass is 35.5. The number of halogens is 1. The SMILES string of the molecule is CCNc1ncc(S(=O)(=O)Nc2cccc(C)c2)cc1Cl. The van der Waals surface area contributed by atoms with Crippen molar-refractivity contribution in [2.45, 2.75) is 18.7 Å². The fourth-order valence-corrected chi connectivity index (χ4v) is 3.10. The zero-order valence-corrected chi connectivity index (χ0v) is 13.3. The molecule has 7 heteroatoms. The van der Waals surface area contributed by atoms with Gasteiger partial charge in [0.25, 0.3) is 10.0 Å². The summed E-state index contributed by atoms with van der Waals surface area (Å²) in [7, 11) is -3.71. The normalized spacial score (nSPS) is 11.2. The van der Waals surface area contributed by atoms with Crippen molar-refractivity contribution in [3.63, 3.8) is 0 Å². The molecule has 0 radical (unpaired) electrons. The van der Waals surface area contributed by atoms with Crippen LogP contribution < -0.4 is 10.0 Å². The maximum Gasteiger partial charge on any atom is 0.263 e. The third-order valence-electron chi connectivity index (χ3n) is 2.74. The predicted octanol–water partition coefficient (Wildman–Crippen LogP) is 3.28. The highest BCUT2D eigenvalue weighted by molar-refractivity contribution is 7.92. The highest BCUT2D eigenvalue weighted by Crippen LogP contribution is 2.24. The standard InChI is InChI=1S/C14H16ClN3O2S/c1-3-16-14-13(15)8-12(9-17-14)21(19,20)18-11-6-4-5-10(2)7-11/h4-9,18H,3H2,1-2H3,(H,16,17). The van der Waals surface area contributed by atoms with E-state index in [1.54, 1.807) is 18.2 Å². The maximum atomic E-state index is 12.3. The molecule has 0 amide bonds. The largest absolute Gasteiger partial charge is 0.369 e. The van der Waals surface area contributed by atoms with Gasteiger partial charge in [0.15, 0.2) is 0 Å². The van der Waals surface area contributed by atoms with Gasteiger partial charge in [-0.2, -0.15) is 0 Å². The van der Waals surface area contributed by atoms with Gasteiger partial charge in [0, 0.05) is 18.4 Å². The Kier molecular flexibility index (Phi) is 4.69. The van der Waals surface area contributed by atoms with E-state index in [4.69, 9.17) is 11.6 Å². The Balaban J connectivity index is 2.29. The molecule has 5 nitrogen and oxygen atoms in total. The summed E-state index contributed by atoms with van der Waals surface area (Å²) in [6, 6.07) is 8.49. The van der Waals surface area contributed by atoms with E-state index in [9.17, 15) is 8.42 Å². The van der Waals surface area contributed by atoms with E-state index >= 15 is 0 Å². The molecule has 0 atom stereocenters. The molecule has 112 valence electrons. The minimum absolute atomic E-state index is 0.0238. The van der Waals surface area contributed by atoms with E-state index in [0.717, 1.165) is 5.56 Å². The second kappa shape index (κ2) is 6.32. The molecule has 0 spiro atoms. The van der Waals surface area contributed by atoms with Crippen molar-refractivity contribution in [3.05, 3.63) is 47.1 Å². The van der Waals surface area contributed by atoms with Gasteiger partial charge >= 0.3 is 0 Å². The number of rotatable bonds is 5. The van der Waals surface area contributed by atoms with Gasteiger partial charge in [0.05, 0.1) is 5.02 Å². The maximum absolute atomic E-state index is 12.3. The Morgan fingerprint density at radius 2 is 2.05 bits per heavy atom. The van der Waals surface area contributed by atoms with Crippen LogP contribution in [0.1, 0.15) is 12.5 Å². The first-order valence-corrected chi connectivity index (χ1v) is 8.27. The summed E-state index contributed by atoms with van der Waals surface area (Å²) < 4.78 is 27.1. The fourth-order valence-electron chi connectivity index (χ4n) is 1.79. The van der Waals surface area contributed by atoms with Crippen LogP contribution in [0.5, 0.6) is 0 Å². The van der Waals surface area contributed by atoms with Crippen molar-refractivity contribution >= 4 is 33.1 Å². The summed E-state index contributed by atoms with van der Waals surface area (Å²) in [5, 5.41) is 3.22. The molecule has 21 heavy (non-hydrogen) atoms. The van der Waals surface area contributed by atoms with Gasteiger partial charge in [-0.25, -0.2) is 13.4 Å². The van der Waals surface area contributed by atoms with Crippen molar-refractivity contribution in [1.82, 2.24) is 4.98 Å². The molecule has 2 N–H and O–H groups in total. The topological polar surface area (TPSA) is 71.1 Å². The third-order valence-corrected chi connectivity index (χ3v) is 4.38. The Bertz CT molecular complexity index is 748. The minimum Gasteiger partial charge on any atom is -0.369 e. The third kappa shape index (κ3) is 3.86. The van der Waals surface area contributed by atoms with E-state index in [2.05, 4.69) is 15.0 Å². The molecular weight excluding hydrogens is 310 g/mol. The van der Waals surface area contributed by atoms with Gasteiger partial charge in [0.1, 0.15) is 10.7 Å². The number of nitrogens with zero attached hydrogens (tertiary/aromatic N) is 1. The number of aryl methyl sites for hydroxylation is 1. The molecule has 0 fully saturated rings. The molecule has 1 aromatic heterocycles. The van der Waals surface area contributed by atoms with Crippen LogP contribution in [0.3, 0.4) is 0 Å². The molecule has 0 aliphatic carbocycles. The summed E-state index contributed by atoms with van der Waals surface area (Å²) in [6.07, 6.45) is 1.28. The van der Waals surface area contributed by atoms with E-state index in [-0.39, 0.29) is 9.92 Å². The van der Waals surface area contributed by atoms with Crippen molar-refractivity contribution in [3.8, 4) is 0 Å². The van der Waals surface area contributed by atoms with E-state index in [1.807, 2.05) is 19.9 Å². The van der Waals surface area contributed by atoms with E-state index < -0.39 is 10.0 Å². The molecule has 0 saturated heterocycles. The van der Waals surface area contributed by atoms with Crippen LogP contribution in [0, 0.1) is 6.92 Å². The second-order valence-electron chi connectivity index (χ2n) is 4.51. The number of anilines is 2. The van der Waals surface area contributed by atoms with Crippen LogP contribution in [-0.4, -0.2) is 19.9 Å². The molecule has 1 heterocycles. The zero-order chi connectivity index (χ0) is 15.5. The number of aromatic nitrogens is 1. The summed E-state index contributed by atoms with van der Waals surface area (Å²) >= 11 is 6.03.